The predicted octanol–water partition coefficient (Wildman–Crippen LogP) is 1.27. The molecule has 2 bridgehead atoms. The summed E-state index contributed by atoms with van der Waals surface area (Å²) in [5.74, 6) is 4.48. The van der Waals surface area contributed by atoms with Crippen LogP contribution in [0.15, 0.2) is 0 Å². The lowest BCUT2D eigenvalue weighted by Crippen LogP contribution is -2.30. The third kappa shape index (κ3) is 1.04. The average molecular weight is 196 g/mol. The first kappa shape index (κ1) is 9.17. The number of hydrogen-bond donors (Lipinski definition) is 2. The summed E-state index contributed by atoms with van der Waals surface area (Å²) in [6, 6.07) is 0. The fraction of sp³-hybridized carbons (Fsp3) is 1.00. The van der Waals surface area contributed by atoms with E-state index in [2.05, 4.69) is 0 Å². The van der Waals surface area contributed by atoms with Crippen molar-refractivity contribution in [2.45, 2.75) is 25.7 Å². The fourth-order valence-corrected chi connectivity index (χ4v) is 4.84. The van der Waals surface area contributed by atoms with Crippen LogP contribution in [-0.2, 0) is 0 Å². The summed E-state index contributed by atoms with van der Waals surface area (Å²) in [6.45, 7) is 0.794. The zero-order chi connectivity index (χ0) is 9.71. The van der Waals surface area contributed by atoms with Gasteiger partial charge in [-0.3, -0.25) is 0 Å². The summed E-state index contributed by atoms with van der Waals surface area (Å²) in [7, 11) is 0. The van der Waals surface area contributed by atoms with Crippen LogP contribution >= 0.6 is 0 Å². The summed E-state index contributed by atoms with van der Waals surface area (Å²) >= 11 is 0. The third-order valence-electron chi connectivity index (χ3n) is 5.26. The Kier molecular flexibility index (Phi) is 2.10. The second-order valence-corrected chi connectivity index (χ2v) is 5.60. The van der Waals surface area contributed by atoms with Gasteiger partial charge >= 0.3 is 0 Å². The van der Waals surface area contributed by atoms with Crippen molar-refractivity contribution in [1.29, 1.82) is 0 Å². The quantitative estimate of drug-likeness (QED) is 0.698. The Bertz CT molecular complexity index is 226. The molecular weight excluding hydrogens is 176 g/mol. The Balaban J connectivity index is 1.80. The van der Waals surface area contributed by atoms with Crippen LogP contribution in [-0.4, -0.2) is 23.4 Å². The maximum Gasteiger partial charge on any atom is 0.0462 e. The van der Waals surface area contributed by atoms with E-state index >= 15 is 0 Å². The molecule has 0 heterocycles. The van der Waals surface area contributed by atoms with Crippen LogP contribution in [0.3, 0.4) is 0 Å². The summed E-state index contributed by atoms with van der Waals surface area (Å²) in [5.41, 5.74) is 0. The van der Waals surface area contributed by atoms with Crippen molar-refractivity contribution >= 4 is 0 Å². The van der Waals surface area contributed by atoms with Crippen LogP contribution in [0.2, 0.25) is 0 Å². The highest BCUT2D eigenvalue weighted by Gasteiger charge is 2.56. The van der Waals surface area contributed by atoms with E-state index in [0.717, 1.165) is 23.7 Å². The molecule has 0 aromatic rings. The monoisotopic (exact) mass is 196 g/mol. The lowest BCUT2D eigenvalue weighted by molar-refractivity contribution is 0.0904. The molecule has 2 heteroatoms. The van der Waals surface area contributed by atoms with Crippen LogP contribution in [0.25, 0.3) is 0 Å². The molecule has 0 aliphatic heterocycles. The molecule has 80 valence electrons. The van der Waals surface area contributed by atoms with Gasteiger partial charge in [-0.05, 0) is 61.2 Å². The standard InChI is InChI=1S/C12H20O2/c13-5-7-1-2-10-11-4-8(12(7)10)3-9(11)6-14/h7-14H,1-6H2/t7-,8?,9-,10?,11?,12?/m1/s1. The van der Waals surface area contributed by atoms with E-state index in [-0.39, 0.29) is 0 Å². The van der Waals surface area contributed by atoms with Gasteiger partial charge < -0.3 is 10.2 Å². The summed E-state index contributed by atoms with van der Waals surface area (Å²) in [5, 5.41) is 18.6. The summed E-state index contributed by atoms with van der Waals surface area (Å²) in [6.07, 6.45) is 5.13. The molecular formula is C12H20O2. The first-order valence-electron chi connectivity index (χ1n) is 6.07. The van der Waals surface area contributed by atoms with Gasteiger partial charge in [0.1, 0.15) is 0 Å². The van der Waals surface area contributed by atoms with Gasteiger partial charge in [0.05, 0.1) is 0 Å². The predicted molar refractivity (Wildman–Crippen MR) is 53.6 cm³/mol. The summed E-state index contributed by atoms with van der Waals surface area (Å²) < 4.78 is 0. The van der Waals surface area contributed by atoms with Crippen molar-refractivity contribution in [3.63, 3.8) is 0 Å². The minimum absolute atomic E-state index is 0.397. The van der Waals surface area contributed by atoms with Gasteiger partial charge in [-0.25, -0.2) is 0 Å². The van der Waals surface area contributed by atoms with Gasteiger partial charge in [0.25, 0.3) is 0 Å². The molecule has 3 saturated carbocycles. The van der Waals surface area contributed by atoms with Crippen molar-refractivity contribution in [2.24, 2.45) is 35.5 Å². The van der Waals surface area contributed by atoms with Gasteiger partial charge in [-0.2, -0.15) is 0 Å². The Labute approximate surface area is 85.3 Å². The smallest absolute Gasteiger partial charge is 0.0462 e. The number of aliphatic hydroxyl groups excluding tert-OH is 2. The van der Waals surface area contributed by atoms with E-state index in [1.807, 2.05) is 0 Å². The average Bonchev–Trinajstić information content (AvgIpc) is 2.87. The van der Waals surface area contributed by atoms with Gasteiger partial charge in [0, 0.05) is 13.2 Å². The normalized spacial score (nSPS) is 55.3. The molecule has 0 saturated heterocycles. The zero-order valence-corrected chi connectivity index (χ0v) is 8.60. The molecule has 2 nitrogen and oxygen atoms in total. The molecule has 2 N–H and O–H groups in total. The topological polar surface area (TPSA) is 40.5 Å². The molecule has 0 aromatic carbocycles. The highest BCUT2D eigenvalue weighted by Crippen LogP contribution is 2.62. The van der Waals surface area contributed by atoms with E-state index in [0.29, 0.717) is 25.0 Å². The Morgan fingerprint density at radius 1 is 0.857 bits per heavy atom. The largest absolute Gasteiger partial charge is 0.396 e. The lowest BCUT2D eigenvalue weighted by atomic mass is 9.74. The molecule has 0 amide bonds. The summed E-state index contributed by atoms with van der Waals surface area (Å²) in [4.78, 5) is 0. The number of rotatable bonds is 2. The second-order valence-electron chi connectivity index (χ2n) is 5.60. The van der Waals surface area contributed by atoms with Gasteiger partial charge in [0.15, 0.2) is 0 Å². The molecule has 14 heavy (non-hydrogen) atoms. The van der Waals surface area contributed by atoms with E-state index in [4.69, 9.17) is 0 Å². The van der Waals surface area contributed by atoms with Crippen LogP contribution in [0.1, 0.15) is 25.7 Å². The van der Waals surface area contributed by atoms with Crippen molar-refractivity contribution < 1.29 is 10.2 Å². The van der Waals surface area contributed by atoms with Gasteiger partial charge in [-0.15, -0.1) is 0 Å². The molecule has 3 aliphatic rings. The maximum absolute atomic E-state index is 9.31. The van der Waals surface area contributed by atoms with Crippen LogP contribution < -0.4 is 0 Å². The fourth-order valence-electron chi connectivity index (χ4n) is 4.84. The molecule has 3 rings (SSSR count). The maximum atomic E-state index is 9.31. The first-order chi connectivity index (χ1) is 6.85. The molecule has 0 aromatic heterocycles. The van der Waals surface area contributed by atoms with Gasteiger partial charge in [-0.1, -0.05) is 0 Å². The first-order valence-corrected chi connectivity index (χ1v) is 6.07. The van der Waals surface area contributed by atoms with E-state index in [1.165, 1.54) is 25.7 Å². The van der Waals surface area contributed by atoms with Crippen molar-refractivity contribution in [1.82, 2.24) is 0 Å². The van der Waals surface area contributed by atoms with Crippen LogP contribution in [0.5, 0.6) is 0 Å². The molecule has 6 atom stereocenters. The SMILES string of the molecule is OC[C@H]1CC2CC1C1CC[C@H](CO)C21. The minimum atomic E-state index is 0.397. The Morgan fingerprint density at radius 3 is 2.36 bits per heavy atom. The number of aliphatic hydroxyl groups is 2. The lowest BCUT2D eigenvalue weighted by Gasteiger charge is -2.32. The molecule has 3 aliphatic carbocycles. The second kappa shape index (κ2) is 3.21. The zero-order valence-electron chi connectivity index (χ0n) is 8.60. The van der Waals surface area contributed by atoms with Crippen molar-refractivity contribution in [2.75, 3.05) is 13.2 Å². The molecule has 4 unspecified atom stereocenters. The van der Waals surface area contributed by atoms with E-state index in [9.17, 15) is 10.2 Å². The van der Waals surface area contributed by atoms with Gasteiger partial charge in [0.2, 0.25) is 0 Å². The number of fused-ring (bicyclic) bond motifs is 5. The highest BCUT2D eigenvalue weighted by molar-refractivity contribution is 5.05. The number of hydrogen-bond acceptors (Lipinski definition) is 2. The van der Waals surface area contributed by atoms with Crippen LogP contribution in [0.4, 0.5) is 0 Å². The Morgan fingerprint density at radius 2 is 1.64 bits per heavy atom. The van der Waals surface area contributed by atoms with Crippen LogP contribution in [0, 0.1) is 35.5 Å². The molecule has 0 spiro atoms. The third-order valence-corrected chi connectivity index (χ3v) is 5.26. The van der Waals surface area contributed by atoms with Crippen molar-refractivity contribution in [3.8, 4) is 0 Å². The minimum Gasteiger partial charge on any atom is -0.396 e. The van der Waals surface area contributed by atoms with Crippen molar-refractivity contribution in [3.05, 3.63) is 0 Å². The van der Waals surface area contributed by atoms with E-state index in [1.54, 1.807) is 0 Å². The molecule has 3 fully saturated rings. The van der Waals surface area contributed by atoms with E-state index < -0.39 is 0 Å². The Hall–Kier alpha value is -0.0800. The molecule has 0 radical (unpaired) electrons. The highest BCUT2D eigenvalue weighted by atomic mass is 16.3.